The number of nitrogen functional groups attached to an aromatic ring is 1. The van der Waals surface area contributed by atoms with Gasteiger partial charge in [-0.2, -0.15) is 0 Å². The number of nitrogens with zero attached hydrogens (tertiary/aromatic N) is 3. The molecule has 0 amide bonds. The highest BCUT2D eigenvalue weighted by Crippen LogP contribution is 2.28. The number of aromatic nitrogens is 3. The summed E-state index contributed by atoms with van der Waals surface area (Å²) in [5.41, 5.74) is 9.20. The van der Waals surface area contributed by atoms with Crippen molar-refractivity contribution in [2.45, 2.75) is 13.5 Å². The first-order valence-electron chi connectivity index (χ1n) is 8.03. The molecule has 2 heterocycles. The number of carbonyl (C=O) groups excluding carboxylic acids is 1. The third-order valence-corrected chi connectivity index (χ3v) is 3.91. The number of hydrogen-bond donors (Lipinski definition) is 2. The minimum Gasteiger partial charge on any atom is -1.00 e. The first-order chi connectivity index (χ1) is 11.5. The lowest BCUT2D eigenvalue weighted by atomic mass is 10.2. The fourth-order valence-corrected chi connectivity index (χ4v) is 2.68. The first-order valence-corrected chi connectivity index (χ1v) is 8.03. The minimum atomic E-state index is -0.458. The van der Waals surface area contributed by atoms with E-state index in [4.69, 9.17) is 10.5 Å². The molecule has 0 aliphatic rings. The lowest BCUT2D eigenvalue weighted by Crippen LogP contribution is -3.06. The van der Waals surface area contributed by atoms with Gasteiger partial charge in [0.05, 0.1) is 44.8 Å². The molecule has 0 saturated carbocycles. The van der Waals surface area contributed by atoms with Gasteiger partial charge in [0.1, 0.15) is 16.9 Å². The number of nitrogens with one attached hydrogen (secondary N) is 1. The van der Waals surface area contributed by atoms with Crippen LogP contribution in [0, 0.1) is 0 Å². The molecular formula is C17H22ClN5O2. The molecule has 1 aromatic carbocycles. The number of rotatable bonds is 5. The smallest absolute Gasteiger partial charge is 0.344 e. The van der Waals surface area contributed by atoms with Gasteiger partial charge in [-0.15, -0.1) is 0 Å². The van der Waals surface area contributed by atoms with E-state index in [1.54, 1.807) is 6.92 Å². The number of carbonyl (C=O) groups is 1. The van der Waals surface area contributed by atoms with Gasteiger partial charge in [-0.05, 0) is 19.1 Å². The number of likely N-dealkylation sites (N-methyl/N-ethyl adjacent to an activating group) is 1. The van der Waals surface area contributed by atoms with Crippen LogP contribution in [-0.4, -0.2) is 47.8 Å². The first kappa shape index (κ1) is 19.0. The van der Waals surface area contributed by atoms with Gasteiger partial charge in [-0.1, -0.05) is 12.1 Å². The number of hydrogen-bond acceptors (Lipinski definition) is 5. The monoisotopic (exact) mass is 363 g/mol. The Bertz CT molecular complexity index is 907. The number of nitrogens with two attached hydrogens (primary N) is 1. The number of quaternary nitrogens is 1. The molecule has 7 nitrogen and oxygen atoms in total. The number of fused-ring (bicyclic) bond motifs is 2. The standard InChI is InChI=1S/C17H21N5O2.ClH/c1-4-24-17(23)13-14-16(22(15(13)18)10-9-21(2)3)20-12-8-6-5-7-11(12)19-14;/h5-8H,4,9-10,18H2,1-3H3;1H. The van der Waals surface area contributed by atoms with Crippen LogP contribution in [0.25, 0.3) is 22.2 Å². The average molecular weight is 364 g/mol. The van der Waals surface area contributed by atoms with E-state index in [9.17, 15) is 4.79 Å². The number of esters is 1. The van der Waals surface area contributed by atoms with Crippen LogP contribution in [0.3, 0.4) is 0 Å². The van der Waals surface area contributed by atoms with Crippen molar-refractivity contribution in [2.24, 2.45) is 0 Å². The SMILES string of the molecule is CCOC(=O)c1c(N)n(CC[NH+](C)C)c2nc3ccccc3nc12.[Cl-]. The molecule has 134 valence electrons. The zero-order valence-corrected chi connectivity index (χ0v) is 15.3. The molecule has 3 aromatic rings. The second-order valence-electron chi connectivity index (χ2n) is 5.97. The zero-order chi connectivity index (χ0) is 17.3. The molecule has 25 heavy (non-hydrogen) atoms. The molecule has 8 heteroatoms. The van der Waals surface area contributed by atoms with E-state index in [1.807, 2.05) is 28.8 Å². The van der Waals surface area contributed by atoms with Crippen LogP contribution in [0.5, 0.6) is 0 Å². The molecule has 0 aliphatic heterocycles. The van der Waals surface area contributed by atoms with Gasteiger partial charge in [-0.3, -0.25) is 0 Å². The number of ether oxygens (including phenoxy) is 1. The summed E-state index contributed by atoms with van der Waals surface area (Å²) in [6, 6.07) is 7.57. The van der Waals surface area contributed by atoms with E-state index in [0.717, 1.165) is 17.6 Å². The molecule has 0 radical (unpaired) electrons. The normalized spacial score (nSPS) is 11.0. The fourth-order valence-electron chi connectivity index (χ4n) is 2.68. The molecule has 0 aliphatic carbocycles. The van der Waals surface area contributed by atoms with Gasteiger partial charge in [0.2, 0.25) is 0 Å². The van der Waals surface area contributed by atoms with E-state index < -0.39 is 5.97 Å². The van der Waals surface area contributed by atoms with Crippen LogP contribution < -0.4 is 23.0 Å². The van der Waals surface area contributed by atoms with E-state index in [1.165, 1.54) is 4.90 Å². The third-order valence-electron chi connectivity index (χ3n) is 3.91. The molecule has 0 spiro atoms. The Morgan fingerprint density at radius 3 is 2.48 bits per heavy atom. The van der Waals surface area contributed by atoms with Crippen LogP contribution in [0.2, 0.25) is 0 Å². The molecule has 0 bridgehead atoms. The number of para-hydroxylation sites is 2. The largest absolute Gasteiger partial charge is 1.00 e. The predicted molar refractivity (Wildman–Crippen MR) is 93.1 cm³/mol. The Morgan fingerprint density at radius 2 is 1.88 bits per heavy atom. The van der Waals surface area contributed by atoms with Crippen molar-refractivity contribution in [1.82, 2.24) is 14.5 Å². The number of anilines is 1. The van der Waals surface area contributed by atoms with Crippen LogP contribution in [0.4, 0.5) is 5.82 Å². The number of halogens is 1. The molecule has 0 fully saturated rings. The Kier molecular flexibility index (Phi) is 5.81. The van der Waals surface area contributed by atoms with Crippen molar-refractivity contribution < 1.29 is 26.8 Å². The van der Waals surface area contributed by atoms with Crippen molar-refractivity contribution in [2.75, 3.05) is 33.0 Å². The van der Waals surface area contributed by atoms with E-state index in [-0.39, 0.29) is 19.0 Å². The highest BCUT2D eigenvalue weighted by Gasteiger charge is 2.25. The number of benzene rings is 1. The van der Waals surface area contributed by atoms with Gasteiger partial charge in [0.15, 0.2) is 5.65 Å². The Labute approximate surface area is 152 Å². The van der Waals surface area contributed by atoms with Crippen molar-refractivity contribution >= 4 is 34.0 Å². The fraction of sp³-hybridized carbons (Fsp3) is 0.353. The maximum absolute atomic E-state index is 12.4. The summed E-state index contributed by atoms with van der Waals surface area (Å²) in [4.78, 5) is 23.0. The minimum absolute atomic E-state index is 0. The van der Waals surface area contributed by atoms with Gasteiger partial charge in [-0.25, -0.2) is 14.8 Å². The highest BCUT2D eigenvalue weighted by atomic mass is 35.5. The second-order valence-corrected chi connectivity index (χ2v) is 5.97. The molecule has 3 N–H and O–H groups in total. The highest BCUT2D eigenvalue weighted by molar-refractivity contribution is 6.08. The average Bonchev–Trinajstić information content (AvgIpc) is 2.81. The summed E-state index contributed by atoms with van der Waals surface area (Å²) < 4.78 is 7.02. The molecular weight excluding hydrogens is 342 g/mol. The quantitative estimate of drug-likeness (QED) is 0.489. The van der Waals surface area contributed by atoms with Crippen molar-refractivity contribution in [3.8, 4) is 0 Å². The van der Waals surface area contributed by atoms with Crippen molar-refractivity contribution in [3.63, 3.8) is 0 Å². The van der Waals surface area contributed by atoms with Gasteiger partial charge < -0.3 is 32.3 Å². The summed E-state index contributed by atoms with van der Waals surface area (Å²) in [6.07, 6.45) is 0. The Morgan fingerprint density at radius 1 is 1.24 bits per heavy atom. The molecule has 0 unspecified atom stereocenters. The van der Waals surface area contributed by atoms with Crippen LogP contribution >= 0.6 is 0 Å². The van der Waals surface area contributed by atoms with Crippen molar-refractivity contribution in [3.05, 3.63) is 29.8 Å². The summed E-state index contributed by atoms with van der Waals surface area (Å²) >= 11 is 0. The summed E-state index contributed by atoms with van der Waals surface area (Å²) in [7, 11) is 4.13. The maximum Gasteiger partial charge on any atom is 0.344 e. The van der Waals surface area contributed by atoms with E-state index >= 15 is 0 Å². The molecule has 0 saturated heterocycles. The van der Waals surface area contributed by atoms with Crippen LogP contribution in [0.15, 0.2) is 24.3 Å². The molecule has 2 aromatic heterocycles. The molecule has 0 atom stereocenters. The van der Waals surface area contributed by atoms with Gasteiger partial charge in [0, 0.05) is 0 Å². The maximum atomic E-state index is 12.4. The molecule has 3 rings (SSSR count). The Hall–Kier alpha value is -2.38. The lowest BCUT2D eigenvalue weighted by molar-refractivity contribution is -0.858. The van der Waals surface area contributed by atoms with Crippen LogP contribution in [0.1, 0.15) is 17.3 Å². The lowest BCUT2D eigenvalue weighted by Gasteiger charge is -2.10. The summed E-state index contributed by atoms with van der Waals surface area (Å²) in [5.74, 6) is -0.0967. The van der Waals surface area contributed by atoms with Gasteiger partial charge >= 0.3 is 5.97 Å². The predicted octanol–water partition coefficient (Wildman–Crippen LogP) is -2.51. The Balaban J connectivity index is 0.00000225. The van der Waals surface area contributed by atoms with E-state index in [0.29, 0.717) is 29.1 Å². The van der Waals surface area contributed by atoms with E-state index in [2.05, 4.69) is 24.1 Å². The van der Waals surface area contributed by atoms with Crippen LogP contribution in [-0.2, 0) is 11.3 Å². The summed E-state index contributed by atoms with van der Waals surface area (Å²) in [6.45, 7) is 3.55. The zero-order valence-electron chi connectivity index (χ0n) is 14.5. The van der Waals surface area contributed by atoms with Gasteiger partial charge in [0.25, 0.3) is 0 Å². The topological polar surface area (TPSA) is 87.5 Å². The third kappa shape index (κ3) is 3.52. The second kappa shape index (κ2) is 7.67. The summed E-state index contributed by atoms with van der Waals surface area (Å²) in [5, 5.41) is 0. The van der Waals surface area contributed by atoms with Crippen molar-refractivity contribution in [1.29, 1.82) is 0 Å².